The number of amides is 1. The maximum absolute atomic E-state index is 13.1. The van der Waals surface area contributed by atoms with Gasteiger partial charge in [-0.3, -0.25) is 4.79 Å². The van der Waals surface area contributed by atoms with E-state index in [1.54, 1.807) is 12.1 Å². The lowest BCUT2D eigenvalue weighted by molar-refractivity contribution is -0.122. The Morgan fingerprint density at radius 1 is 1.25 bits per heavy atom. The third-order valence-electron chi connectivity index (χ3n) is 5.20. The van der Waals surface area contributed by atoms with Crippen LogP contribution in [0.15, 0.2) is 24.9 Å². The van der Waals surface area contributed by atoms with E-state index in [1.165, 1.54) is 38.3 Å². The molecule has 130 valence electrons. The minimum absolute atomic E-state index is 0.0962. The lowest BCUT2D eigenvalue weighted by Gasteiger charge is -2.27. The average Bonchev–Trinajstić information content (AvgIpc) is 3.10. The minimum Gasteiger partial charge on any atom is -0.354 e. The lowest BCUT2D eigenvalue weighted by Crippen LogP contribution is -2.45. The Morgan fingerprint density at radius 2 is 2.04 bits per heavy atom. The summed E-state index contributed by atoms with van der Waals surface area (Å²) >= 11 is 0. The Hall–Kier alpha value is -1.91. The topological polar surface area (TPSA) is 45.2 Å². The van der Waals surface area contributed by atoms with Crippen molar-refractivity contribution in [3.05, 3.63) is 30.5 Å². The average molecular weight is 331 g/mol. The van der Waals surface area contributed by atoms with Gasteiger partial charge < -0.3 is 10.2 Å². The molecule has 5 heteroatoms. The molecule has 1 saturated carbocycles. The summed E-state index contributed by atoms with van der Waals surface area (Å²) in [4.78, 5) is 18.9. The molecule has 1 unspecified atom stereocenters. The number of halogens is 1. The first-order valence-corrected chi connectivity index (χ1v) is 9.00. The molecule has 1 aromatic rings. The van der Waals surface area contributed by atoms with E-state index in [0.717, 1.165) is 31.7 Å². The van der Waals surface area contributed by atoms with Crippen molar-refractivity contribution in [3.8, 4) is 0 Å². The summed E-state index contributed by atoms with van der Waals surface area (Å²) in [6, 6.07) is 3.27. The van der Waals surface area contributed by atoms with Crippen LogP contribution in [0.5, 0.6) is 0 Å². The number of nitrogens with one attached hydrogen (secondary N) is 1. The van der Waals surface area contributed by atoms with Gasteiger partial charge in [0.05, 0.1) is 0 Å². The van der Waals surface area contributed by atoms with Gasteiger partial charge in [-0.2, -0.15) is 0 Å². The van der Waals surface area contributed by atoms with Crippen molar-refractivity contribution in [3.63, 3.8) is 0 Å². The molecule has 1 aliphatic heterocycles. The smallest absolute Gasteiger partial charge is 0.242 e. The summed E-state index contributed by atoms with van der Waals surface area (Å²) in [5.41, 5.74) is 0.385. The number of hydrogen-bond acceptors (Lipinski definition) is 3. The Labute approximate surface area is 143 Å². The number of carbonyl (C=O) groups is 1. The number of carbonyl (C=O) groups excluding carboxylic acids is 1. The summed E-state index contributed by atoms with van der Waals surface area (Å²) in [6.45, 7) is 4.88. The molecule has 0 aromatic carbocycles. The minimum atomic E-state index is -0.489. The van der Waals surface area contributed by atoms with E-state index in [4.69, 9.17) is 0 Å². The fourth-order valence-electron chi connectivity index (χ4n) is 3.78. The van der Waals surface area contributed by atoms with Crippen LogP contribution in [0.3, 0.4) is 0 Å². The van der Waals surface area contributed by atoms with Crippen molar-refractivity contribution < 1.29 is 9.18 Å². The predicted molar refractivity (Wildman–Crippen MR) is 94.3 cm³/mol. The standard InChI is InChI=1S/C19H26FN3O/c1-14(20)16-9-10-18(21-13-16)23-11-5-8-17(23)19(24)22-12-15-6-3-2-4-7-15/h9-10,13,15,17H,1-8,11-12H2,(H,22,24). The molecular formula is C19H26FN3O. The van der Waals surface area contributed by atoms with Gasteiger partial charge in [0.1, 0.15) is 17.7 Å². The lowest BCUT2D eigenvalue weighted by atomic mass is 9.89. The van der Waals surface area contributed by atoms with Gasteiger partial charge in [0.2, 0.25) is 5.91 Å². The second-order valence-corrected chi connectivity index (χ2v) is 6.91. The van der Waals surface area contributed by atoms with Gasteiger partial charge in [0, 0.05) is 24.8 Å². The van der Waals surface area contributed by atoms with Crippen molar-refractivity contribution in [2.24, 2.45) is 5.92 Å². The van der Waals surface area contributed by atoms with Crippen molar-refractivity contribution >= 4 is 17.6 Å². The van der Waals surface area contributed by atoms with E-state index in [1.807, 2.05) is 4.90 Å². The molecule has 1 N–H and O–H groups in total. The highest BCUT2D eigenvalue weighted by atomic mass is 19.1. The predicted octanol–water partition coefficient (Wildman–Crippen LogP) is 3.69. The fraction of sp³-hybridized carbons (Fsp3) is 0.579. The van der Waals surface area contributed by atoms with Gasteiger partial charge in [-0.05, 0) is 43.7 Å². The van der Waals surface area contributed by atoms with Crippen molar-refractivity contribution in [2.45, 2.75) is 51.0 Å². The Kier molecular flexibility index (Phi) is 5.48. The molecule has 4 nitrogen and oxygen atoms in total. The van der Waals surface area contributed by atoms with E-state index in [2.05, 4.69) is 16.9 Å². The fourth-order valence-corrected chi connectivity index (χ4v) is 3.78. The molecule has 1 amide bonds. The normalized spacial score (nSPS) is 21.7. The number of pyridine rings is 1. The molecule has 3 rings (SSSR count). The second-order valence-electron chi connectivity index (χ2n) is 6.91. The summed E-state index contributed by atoms with van der Waals surface area (Å²) in [5.74, 6) is 0.969. The van der Waals surface area contributed by atoms with Crippen LogP contribution >= 0.6 is 0 Å². The molecule has 0 spiro atoms. The van der Waals surface area contributed by atoms with Gasteiger partial charge in [0.25, 0.3) is 0 Å². The summed E-state index contributed by atoms with van der Waals surface area (Å²) in [7, 11) is 0. The summed E-state index contributed by atoms with van der Waals surface area (Å²) in [6.07, 6.45) is 9.64. The van der Waals surface area contributed by atoms with Crippen LogP contribution in [0.1, 0.15) is 50.5 Å². The van der Waals surface area contributed by atoms with Crippen LogP contribution in [0.4, 0.5) is 10.2 Å². The molecule has 2 aliphatic rings. The second kappa shape index (κ2) is 7.77. The van der Waals surface area contributed by atoms with E-state index in [9.17, 15) is 9.18 Å². The maximum Gasteiger partial charge on any atom is 0.242 e. The Balaban J connectivity index is 1.59. The van der Waals surface area contributed by atoms with Crippen LogP contribution in [0.2, 0.25) is 0 Å². The monoisotopic (exact) mass is 331 g/mol. The zero-order valence-electron chi connectivity index (χ0n) is 14.1. The maximum atomic E-state index is 13.1. The number of rotatable bonds is 5. The first-order valence-electron chi connectivity index (χ1n) is 9.00. The van der Waals surface area contributed by atoms with Gasteiger partial charge >= 0.3 is 0 Å². The third kappa shape index (κ3) is 3.94. The zero-order chi connectivity index (χ0) is 16.9. The molecule has 0 bridgehead atoms. The number of anilines is 1. The van der Waals surface area contributed by atoms with E-state index < -0.39 is 5.83 Å². The summed E-state index contributed by atoms with van der Waals surface area (Å²) < 4.78 is 13.1. The zero-order valence-corrected chi connectivity index (χ0v) is 14.1. The molecule has 2 fully saturated rings. The highest BCUT2D eigenvalue weighted by molar-refractivity contribution is 5.85. The molecule has 1 saturated heterocycles. The molecule has 1 atom stereocenters. The van der Waals surface area contributed by atoms with Crippen molar-refractivity contribution in [1.82, 2.24) is 10.3 Å². The van der Waals surface area contributed by atoms with Crippen molar-refractivity contribution in [1.29, 1.82) is 0 Å². The number of aromatic nitrogens is 1. The molecule has 2 heterocycles. The quantitative estimate of drug-likeness (QED) is 0.895. The molecule has 1 aromatic heterocycles. The highest BCUT2D eigenvalue weighted by Gasteiger charge is 2.31. The van der Waals surface area contributed by atoms with Gasteiger partial charge in [0.15, 0.2) is 0 Å². The van der Waals surface area contributed by atoms with Gasteiger partial charge in [-0.1, -0.05) is 25.8 Å². The van der Waals surface area contributed by atoms with E-state index in [-0.39, 0.29) is 11.9 Å². The first-order chi connectivity index (χ1) is 11.6. The van der Waals surface area contributed by atoms with Crippen LogP contribution in [0.25, 0.3) is 5.83 Å². The van der Waals surface area contributed by atoms with Crippen molar-refractivity contribution in [2.75, 3.05) is 18.0 Å². The largest absolute Gasteiger partial charge is 0.354 e. The third-order valence-corrected chi connectivity index (χ3v) is 5.20. The molecular weight excluding hydrogens is 305 g/mol. The van der Waals surface area contributed by atoms with Gasteiger partial charge in [-0.25, -0.2) is 9.37 Å². The summed E-state index contributed by atoms with van der Waals surface area (Å²) in [5, 5.41) is 3.14. The van der Waals surface area contributed by atoms with E-state index in [0.29, 0.717) is 11.5 Å². The molecule has 24 heavy (non-hydrogen) atoms. The Bertz CT molecular complexity index is 581. The van der Waals surface area contributed by atoms with Crippen LogP contribution in [0, 0.1) is 5.92 Å². The van der Waals surface area contributed by atoms with E-state index >= 15 is 0 Å². The molecule has 0 radical (unpaired) electrons. The molecule has 1 aliphatic carbocycles. The SMILES string of the molecule is C=C(F)c1ccc(N2CCCC2C(=O)NCC2CCCCC2)nc1. The highest BCUT2D eigenvalue weighted by Crippen LogP contribution is 2.26. The van der Waals surface area contributed by atoms with Crippen LogP contribution in [-0.2, 0) is 4.79 Å². The first kappa shape index (κ1) is 16.9. The van der Waals surface area contributed by atoms with Gasteiger partial charge in [-0.15, -0.1) is 0 Å². The van der Waals surface area contributed by atoms with Crippen LogP contribution in [-0.4, -0.2) is 30.0 Å². The van der Waals surface area contributed by atoms with Crippen LogP contribution < -0.4 is 10.2 Å². The number of hydrogen-bond donors (Lipinski definition) is 1. The Morgan fingerprint density at radius 3 is 2.71 bits per heavy atom. The number of nitrogens with zero attached hydrogens (tertiary/aromatic N) is 2.